The van der Waals surface area contributed by atoms with Crippen LogP contribution < -0.4 is 0 Å². The molecule has 216 valence electrons. The molecule has 0 amide bonds. The van der Waals surface area contributed by atoms with Crippen LogP contribution in [0.2, 0.25) is 0 Å². The van der Waals surface area contributed by atoms with Gasteiger partial charge >= 0.3 is 5.97 Å². The molecule has 0 radical (unpaired) electrons. The van der Waals surface area contributed by atoms with Crippen LogP contribution in [-0.2, 0) is 23.1 Å². The van der Waals surface area contributed by atoms with Crippen molar-refractivity contribution in [3.63, 3.8) is 0 Å². The van der Waals surface area contributed by atoms with Crippen LogP contribution in [0, 0.1) is 5.82 Å². The molecule has 0 saturated heterocycles. The Bertz CT molecular complexity index is 1840. The lowest BCUT2D eigenvalue weighted by molar-refractivity contribution is 0.0516. The number of esters is 1. The third-order valence-electron chi connectivity index (χ3n) is 8.18. The third-order valence-corrected chi connectivity index (χ3v) is 8.18. The highest BCUT2D eigenvalue weighted by molar-refractivity contribution is 5.92. The average molecular weight is 581 g/mol. The SMILES string of the molecule is CCOC(=O)c1nn(C(c2ccccc2)(c2ccccc2)c2ccccc2)c2c1CCc1cnc(-c3ccc(F)cc3)nc1-2. The largest absolute Gasteiger partial charge is 0.461 e. The summed E-state index contributed by atoms with van der Waals surface area (Å²) in [7, 11) is 0. The first-order valence-electron chi connectivity index (χ1n) is 14.7. The van der Waals surface area contributed by atoms with Crippen LogP contribution in [0.4, 0.5) is 4.39 Å². The van der Waals surface area contributed by atoms with Crippen LogP contribution in [0.3, 0.4) is 0 Å². The number of hydrogen-bond acceptors (Lipinski definition) is 5. The summed E-state index contributed by atoms with van der Waals surface area (Å²) >= 11 is 0. The molecule has 0 saturated carbocycles. The molecule has 6 nitrogen and oxygen atoms in total. The topological polar surface area (TPSA) is 69.9 Å². The van der Waals surface area contributed by atoms with E-state index in [2.05, 4.69) is 41.4 Å². The number of fused-ring (bicyclic) bond motifs is 3. The van der Waals surface area contributed by atoms with Crippen molar-refractivity contribution in [1.29, 1.82) is 0 Å². The highest BCUT2D eigenvalue weighted by atomic mass is 19.1. The van der Waals surface area contributed by atoms with Crippen molar-refractivity contribution in [2.45, 2.75) is 25.3 Å². The number of nitrogens with zero attached hydrogens (tertiary/aromatic N) is 4. The standard InChI is InChI=1S/C37H29FN4O2/c1-2-44-36(43)33-31-23-20-26-24-39-35(25-18-21-30(38)22-19-25)40-32(26)34(31)42(41-33)37(27-12-6-3-7-13-27,28-14-8-4-9-15-28)29-16-10-5-11-17-29/h3-19,21-22,24H,2,20,23H2,1H3. The molecule has 0 bridgehead atoms. The van der Waals surface area contributed by atoms with Gasteiger partial charge in [0.2, 0.25) is 0 Å². The zero-order valence-corrected chi connectivity index (χ0v) is 24.2. The van der Waals surface area contributed by atoms with E-state index in [0.717, 1.165) is 33.5 Å². The van der Waals surface area contributed by atoms with Gasteiger partial charge in [0, 0.05) is 17.3 Å². The molecule has 0 spiro atoms. The normalized spacial score (nSPS) is 12.3. The fourth-order valence-electron chi connectivity index (χ4n) is 6.23. The second-order valence-electron chi connectivity index (χ2n) is 10.7. The summed E-state index contributed by atoms with van der Waals surface area (Å²) in [6.45, 7) is 2.02. The number of carbonyl (C=O) groups excluding carboxylic acids is 1. The summed E-state index contributed by atoms with van der Waals surface area (Å²) < 4.78 is 21.3. The van der Waals surface area contributed by atoms with Crippen molar-refractivity contribution in [3.8, 4) is 22.8 Å². The van der Waals surface area contributed by atoms with Gasteiger partial charge in [-0.05, 0) is 66.3 Å². The zero-order valence-electron chi connectivity index (χ0n) is 24.2. The van der Waals surface area contributed by atoms with Gasteiger partial charge < -0.3 is 4.74 Å². The van der Waals surface area contributed by atoms with Crippen molar-refractivity contribution in [1.82, 2.24) is 19.7 Å². The second-order valence-corrected chi connectivity index (χ2v) is 10.7. The summed E-state index contributed by atoms with van der Waals surface area (Å²) in [5.74, 6) is -0.335. The zero-order chi connectivity index (χ0) is 30.1. The molecule has 2 aromatic heterocycles. The van der Waals surface area contributed by atoms with E-state index in [4.69, 9.17) is 14.8 Å². The van der Waals surface area contributed by atoms with Crippen molar-refractivity contribution in [3.05, 3.63) is 161 Å². The van der Waals surface area contributed by atoms with Gasteiger partial charge in [-0.2, -0.15) is 5.10 Å². The maximum absolute atomic E-state index is 13.8. The minimum Gasteiger partial charge on any atom is -0.461 e. The van der Waals surface area contributed by atoms with Crippen molar-refractivity contribution in [2.24, 2.45) is 0 Å². The van der Waals surface area contributed by atoms with Crippen molar-refractivity contribution >= 4 is 5.97 Å². The minimum absolute atomic E-state index is 0.231. The van der Waals surface area contributed by atoms with Crippen LogP contribution in [0.1, 0.15) is 45.2 Å². The number of halogens is 1. The number of carbonyl (C=O) groups is 1. The second kappa shape index (κ2) is 11.3. The third kappa shape index (κ3) is 4.48. The van der Waals surface area contributed by atoms with E-state index in [1.165, 1.54) is 12.1 Å². The molecule has 1 aliphatic carbocycles. The Morgan fingerprint density at radius 2 is 1.39 bits per heavy atom. The Kier molecular flexibility index (Phi) is 7.06. The van der Waals surface area contributed by atoms with E-state index in [1.807, 2.05) is 65.5 Å². The molecule has 44 heavy (non-hydrogen) atoms. The lowest BCUT2D eigenvalue weighted by atomic mass is 9.76. The first-order chi connectivity index (χ1) is 21.6. The number of aromatic nitrogens is 4. The van der Waals surface area contributed by atoms with E-state index in [0.29, 0.717) is 29.9 Å². The predicted octanol–water partition coefficient (Wildman–Crippen LogP) is 7.26. The lowest BCUT2D eigenvalue weighted by Crippen LogP contribution is -2.39. The van der Waals surface area contributed by atoms with Gasteiger partial charge in [-0.1, -0.05) is 91.0 Å². The van der Waals surface area contributed by atoms with E-state index in [1.54, 1.807) is 19.1 Å². The first-order valence-corrected chi connectivity index (χ1v) is 14.7. The molecule has 6 aromatic rings. The molecule has 4 aromatic carbocycles. The van der Waals surface area contributed by atoms with E-state index in [9.17, 15) is 9.18 Å². The van der Waals surface area contributed by atoms with Crippen LogP contribution in [0.5, 0.6) is 0 Å². The van der Waals surface area contributed by atoms with Crippen LogP contribution >= 0.6 is 0 Å². The van der Waals surface area contributed by atoms with Crippen LogP contribution in [-0.4, -0.2) is 32.3 Å². The fourth-order valence-corrected chi connectivity index (χ4v) is 6.23. The Balaban J connectivity index is 1.60. The highest BCUT2D eigenvalue weighted by Gasteiger charge is 2.44. The summed E-state index contributed by atoms with van der Waals surface area (Å²) in [4.78, 5) is 23.3. The molecule has 0 unspecified atom stereocenters. The molecule has 7 heteroatoms. The molecule has 0 N–H and O–H groups in total. The summed E-state index contributed by atoms with van der Waals surface area (Å²) in [6, 6.07) is 36.7. The van der Waals surface area contributed by atoms with Crippen LogP contribution in [0.15, 0.2) is 121 Å². The van der Waals surface area contributed by atoms with Crippen molar-refractivity contribution < 1.29 is 13.9 Å². The van der Waals surface area contributed by atoms with E-state index in [-0.39, 0.29) is 18.1 Å². The van der Waals surface area contributed by atoms with Gasteiger partial charge in [-0.25, -0.2) is 23.8 Å². The Morgan fingerprint density at radius 1 is 0.818 bits per heavy atom. The van der Waals surface area contributed by atoms with Gasteiger partial charge in [-0.3, -0.25) is 0 Å². The van der Waals surface area contributed by atoms with Crippen molar-refractivity contribution in [2.75, 3.05) is 6.61 Å². The van der Waals surface area contributed by atoms with Crippen LogP contribution in [0.25, 0.3) is 22.8 Å². The fraction of sp³-hybridized carbons (Fsp3) is 0.135. The molecule has 7 rings (SSSR count). The molecule has 2 heterocycles. The smallest absolute Gasteiger partial charge is 0.359 e. The monoisotopic (exact) mass is 580 g/mol. The molecular formula is C37H29FN4O2. The molecule has 0 fully saturated rings. The lowest BCUT2D eigenvalue weighted by Gasteiger charge is -2.38. The number of benzene rings is 4. The average Bonchev–Trinajstić information content (AvgIpc) is 3.47. The number of rotatable bonds is 7. The van der Waals surface area contributed by atoms with E-state index >= 15 is 0 Å². The Hall–Kier alpha value is -5.43. The Labute approximate surface area is 254 Å². The molecule has 0 aliphatic heterocycles. The molecule has 1 aliphatic rings. The van der Waals surface area contributed by atoms with Gasteiger partial charge in [-0.15, -0.1) is 0 Å². The summed E-state index contributed by atoms with van der Waals surface area (Å²) in [6.07, 6.45) is 3.05. The highest BCUT2D eigenvalue weighted by Crippen LogP contribution is 2.46. The van der Waals surface area contributed by atoms with E-state index < -0.39 is 11.5 Å². The van der Waals surface area contributed by atoms with Gasteiger partial charge in [0.15, 0.2) is 11.5 Å². The minimum atomic E-state index is -0.978. The summed E-state index contributed by atoms with van der Waals surface area (Å²) in [5, 5.41) is 5.16. The maximum atomic E-state index is 13.8. The quantitative estimate of drug-likeness (QED) is 0.147. The first kappa shape index (κ1) is 27.4. The predicted molar refractivity (Wildman–Crippen MR) is 167 cm³/mol. The number of aryl methyl sites for hydroxylation is 1. The molecular weight excluding hydrogens is 551 g/mol. The Morgan fingerprint density at radius 3 is 1.93 bits per heavy atom. The number of hydrogen-bond donors (Lipinski definition) is 0. The van der Waals surface area contributed by atoms with Gasteiger partial charge in [0.25, 0.3) is 0 Å². The summed E-state index contributed by atoms with van der Waals surface area (Å²) in [5.41, 5.74) is 6.06. The van der Waals surface area contributed by atoms with Gasteiger partial charge in [0.05, 0.1) is 18.0 Å². The number of ether oxygens (including phenoxy) is 1. The molecule has 0 atom stereocenters. The maximum Gasteiger partial charge on any atom is 0.359 e. The van der Waals surface area contributed by atoms with Gasteiger partial charge in [0.1, 0.15) is 11.4 Å².